The summed E-state index contributed by atoms with van der Waals surface area (Å²) in [5.74, 6) is 2.21. The standard InChI is InChI=1S/C68H78B2N2/c1-37(2)43-27-49(39(5)6)63(50(28-43)40(7)8)69-55-35-62-56(36-61(55)71-59-25-21-19-23-47(59)53-31-45(67(13,14)15)33-57(69)65(53)71)70(64-51(41(9)10)29-44(38(3)4)30-52(64)42(11)12)58-34-46(68(16,17)18)32-54-48-24-20-22-26-60(48)72(62)66(54)58/h19-42H,1-18H3. The number of fused-ring (bicyclic) bond motifs is 10. The molecule has 0 radical (unpaired) electrons. The summed E-state index contributed by atoms with van der Waals surface area (Å²) in [6.07, 6.45) is 0. The lowest BCUT2D eigenvalue weighted by Crippen LogP contribution is -2.62. The van der Waals surface area contributed by atoms with Crippen molar-refractivity contribution in [3.05, 3.63) is 154 Å². The number of para-hydroxylation sites is 2. The molecule has 0 unspecified atom stereocenters. The van der Waals surface area contributed by atoms with Crippen molar-refractivity contribution in [3.63, 3.8) is 0 Å². The van der Waals surface area contributed by atoms with Gasteiger partial charge in [-0.15, -0.1) is 0 Å². The highest BCUT2D eigenvalue weighted by molar-refractivity contribution is 7.00. The molecule has 2 aliphatic rings. The van der Waals surface area contributed by atoms with Crippen molar-refractivity contribution in [1.29, 1.82) is 0 Å². The zero-order valence-electron chi connectivity index (χ0n) is 46.9. The molecule has 2 aliphatic heterocycles. The Morgan fingerprint density at radius 3 is 0.958 bits per heavy atom. The molecule has 0 fully saturated rings. The first-order valence-electron chi connectivity index (χ1n) is 27.7. The van der Waals surface area contributed by atoms with Crippen LogP contribution in [0.1, 0.15) is 205 Å². The second kappa shape index (κ2) is 16.9. The Morgan fingerprint density at radius 1 is 0.347 bits per heavy atom. The first-order chi connectivity index (χ1) is 34.0. The molecule has 0 bridgehead atoms. The largest absolute Gasteiger partial charge is 0.310 e. The third-order valence-corrected chi connectivity index (χ3v) is 17.2. The van der Waals surface area contributed by atoms with Crippen molar-refractivity contribution in [2.24, 2.45) is 0 Å². The van der Waals surface area contributed by atoms with Gasteiger partial charge in [0.1, 0.15) is 0 Å². The molecule has 0 atom stereocenters. The van der Waals surface area contributed by atoms with Gasteiger partial charge in [0, 0.05) is 44.0 Å². The van der Waals surface area contributed by atoms with E-state index >= 15 is 0 Å². The summed E-state index contributed by atoms with van der Waals surface area (Å²) in [5.41, 5.74) is 28.1. The fourth-order valence-corrected chi connectivity index (χ4v) is 13.2. The van der Waals surface area contributed by atoms with Crippen molar-refractivity contribution in [3.8, 4) is 11.4 Å². The Kier molecular flexibility index (Phi) is 11.4. The van der Waals surface area contributed by atoms with E-state index in [1.54, 1.807) is 0 Å². The van der Waals surface area contributed by atoms with Crippen molar-refractivity contribution in [1.82, 2.24) is 9.13 Å². The highest BCUT2D eigenvalue weighted by Crippen LogP contribution is 2.41. The molecular formula is C68H78B2N2. The monoisotopic (exact) mass is 945 g/mol. The van der Waals surface area contributed by atoms with Crippen LogP contribution in [-0.4, -0.2) is 22.6 Å². The third-order valence-electron chi connectivity index (χ3n) is 17.2. The van der Waals surface area contributed by atoms with Crippen LogP contribution >= 0.6 is 0 Å². The van der Waals surface area contributed by atoms with Gasteiger partial charge in [0.15, 0.2) is 0 Å². The van der Waals surface area contributed by atoms with Gasteiger partial charge in [-0.25, -0.2) is 0 Å². The molecule has 0 N–H and O–H groups in total. The predicted octanol–water partition coefficient (Wildman–Crippen LogP) is 14.9. The van der Waals surface area contributed by atoms with Crippen LogP contribution in [0.15, 0.2) is 109 Å². The van der Waals surface area contributed by atoms with Gasteiger partial charge >= 0.3 is 0 Å². The lowest BCUT2D eigenvalue weighted by Gasteiger charge is -2.37. The highest BCUT2D eigenvalue weighted by atomic mass is 15.0. The van der Waals surface area contributed by atoms with Crippen LogP contribution < -0.4 is 32.8 Å². The molecule has 366 valence electrons. The number of nitrogens with zero attached hydrogens (tertiary/aromatic N) is 2. The minimum Gasteiger partial charge on any atom is -0.310 e. The molecule has 0 saturated carbocycles. The SMILES string of the molecule is CC(C)c1cc(C(C)C)c(B2c3cc4c(cc3-n3c5ccccc5c5cc(C(C)(C)C)cc2c53)B(c2c(C(C)C)cc(C(C)C)cc2C(C)C)c2cc(C(C)(C)C)cc3c5ccccc5n-4c23)c(C(C)C)c1. The minimum atomic E-state index is -0.0519. The lowest BCUT2D eigenvalue weighted by molar-refractivity contribution is 0.591. The van der Waals surface area contributed by atoms with Gasteiger partial charge in [-0.05, 0) is 149 Å². The second-order valence-electron chi connectivity index (χ2n) is 26.1. The van der Waals surface area contributed by atoms with Gasteiger partial charge in [0.25, 0.3) is 0 Å². The molecule has 9 aromatic rings. The minimum absolute atomic E-state index is 0.00568. The molecule has 2 nitrogen and oxygen atoms in total. The van der Waals surface area contributed by atoms with E-state index in [9.17, 15) is 0 Å². The Labute approximate surface area is 432 Å². The summed E-state index contributed by atoms with van der Waals surface area (Å²) in [4.78, 5) is 0. The molecule has 0 spiro atoms. The maximum Gasteiger partial charge on any atom is 0.247 e. The van der Waals surface area contributed by atoms with E-state index in [4.69, 9.17) is 0 Å². The molecular weight excluding hydrogens is 866 g/mol. The average Bonchev–Trinajstić information content (AvgIpc) is 3.84. The van der Waals surface area contributed by atoms with Gasteiger partial charge in [0.2, 0.25) is 13.4 Å². The van der Waals surface area contributed by atoms with E-state index in [1.165, 1.54) is 132 Å². The smallest absolute Gasteiger partial charge is 0.247 e. The van der Waals surface area contributed by atoms with Gasteiger partial charge in [-0.2, -0.15) is 0 Å². The van der Waals surface area contributed by atoms with Crippen LogP contribution in [0.5, 0.6) is 0 Å². The highest BCUT2D eigenvalue weighted by Gasteiger charge is 2.43. The summed E-state index contributed by atoms with van der Waals surface area (Å²) >= 11 is 0. The van der Waals surface area contributed by atoms with E-state index in [-0.39, 0.29) is 24.3 Å². The van der Waals surface area contributed by atoms with Crippen molar-refractivity contribution in [2.45, 2.75) is 171 Å². The number of hydrogen-bond acceptors (Lipinski definition) is 0. The number of rotatable bonds is 8. The van der Waals surface area contributed by atoms with Crippen LogP contribution in [0.25, 0.3) is 55.0 Å². The summed E-state index contributed by atoms with van der Waals surface area (Å²) in [5, 5.41) is 5.38. The quantitative estimate of drug-likeness (QED) is 0.134. The van der Waals surface area contributed by atoms with Crippen LogP contribution in [0.3, 0.4) is 0 Å². The Morgan fingerprint density at radius 2 is 0.667 bits per heavy atom. The number of aromatic nitrogens is 2. The third kappa shape index (κ3) is 7.26. The first-order valence-corrected chi connectivity index (χ1v) is 27.7. The van der Waals surface area contributed by atoms with Crippen LogP contribution in [-0.2, 0) is 10.8 Å². The number of benzene rings is 7. The van der Waals surface area contributed by atoms with Gasteiger partial charge in [-0.3, -0.25) is 0 Å². The van der Waals surface area contributed by atoms with E-state index in [1.807, 2.05) is 0 Å². The molecule has 11 rings (SSSR count). The van der Waals surface area contributed by atoms with Crippen molar-refractivity contribution in [2.75, 3.05) is 0 Å². The molecule has 7 aromatic carbocycles. The van der Waals surface area contributed by atoms with Gasteiger partial charge in [-0.1, -0.05) is 208 Å². The molecule has 4 heteroatoms. The molecule has 2 aromatic heterocycles. The predicted molar refractivity (Wildman–Crippen MR) is 319 cm³/mol. The van der Waals surface area contributed by atoms with Crippen LogP contribution in [0.4, 0.5) is 0 Å². The maximum atomic E-state index is 2.72. The second-order valence-corrected chi connectivity index (χ2v) is 26.1. The van der Waals surface area contributed by atoms with E-state index in [2.05, 4.69) is 243 Å². The van der Waals surface area contributed by atoms with E-state index in [0.29, 0.717) is 35.5 Å². The lowest BCUT2D eigenvalue weighted by atomic mass is 9.31. The van der Waals surface area contributed by atoms with Gasteiger partial charge < -0.3 is 9.13 Å². The fraction of sp³-hybridized carbons (Fsp3) is 0.382. The molecule has 4 heterocycles. The molecule has 0 aliphatic carbocycles. The van der Waals surface area contributed by atoms with Crippen molar-refractivity contribution >= 4 is 89.8 Å². The van der Waals surface area contributed by atoms with Gasteiger partial charge in [0.05, 0.1) is 11.0 Å². The Balaban J connectivity index is 1.40. The zero-order chi connectivity index (χ0) is 51.4. The van der Waals surface area contributed by atoms with Crippen LogP contribution in [0.2, 0.25) is 0 Å². The summed E-state index contributed by atoms with van der Waals surface area (Å²) in [6, 6.07) is 44.7. The van der Waals surface area contributed by atoms with Crippen molar-refractivity contribution < 1.29 is 0 Å². The molecule has 0 amide bonds. The van der Waals surface area contributed by atoms with E-state index in [0.717, 1.165) is 0 Å². The normalized spacial score (nSPS) is 13.8. The zero-order valence-corrected chi connectivity index (χ0v) is 46.9. The fourth-order valence-electron chi connectivity index (χ4n) is 13.2. The maximum absolute atomic E-state index is 2.72. The van der Waals surface area contributed by atoms with Crippen LogP contribution in [0, 0.1) is 0 Å². The topological polar surface area (TPSA) is 9.86 Å². The van der Waals surface area contributed by atoms with E-state index < -0.39 is 0 Å². The summed E-state index contributed by atoms with van der Waals surface area (Å²) in [6.45, 7) is 43.3. The average molecular weight is 945 g/mol. The summed E-state index contributed by atoms with van der Waals surface area (Å²) < 4.78 is 5.42. The Bertz CT molecular complexity index is 3380. The number of hydrogen-bond donors (Lipinski definition) is 0. The molecule has 0 saturated heterocycles. The Hall–Kier alpha value is -5.73. The summed E-state index contributed by atoms with van der Waals surface area (Å²) in [7, 11) is 0. The molecule has 72 heavy (non-hydrogen) atoms. The first kappa shape index (κ1) is 48.5.